The van der Waals surface area contributed by atoms with Gasteiger partial charge in [-0.3, -0.25) is 0 Å². The molecule has 0 saturated carbocycles. The Morgan fingerprint density at radius 3 is 0.810 bits per heavy atom. The van der Waals surface area contributed by atoms with Gasteiger partial charge >= 0.3 is 23.6 Å². The van der Waals surface area contributed by atoms with Crippen LogP contribution < -0.4 is 0 Å². The summed E-state index contributed by atoms with van der Waals surface area (Å²) >= 11 is 19.2. The molecule has 0 heterocycles. The molecule has 0 fully saturated rings. The standard InChI is InChI=1S/C9H27Cl3O4Si5/c1-17(2,3)13-19(7,10)15-21(9,12)16-20(8,11)14-18(4,5)6/h1-9H3. The van der Waals surface area contributed by atoms with Crippen LogP contribution in [0, 0.1) is 0 Å². The number of rotatable bonds is 8. The van der Waals surface area contributed by atoms with Crippen LogP contribution in [0.25, 0.3) is 0 Å². The van der Waals surface area contributed by atoms with Crippen molar-refractivity contribution in [2.45, 2.75) is 58.9 Å². The molecule has 0 N–H and O–H groups in total. The molecule has 0 saturated heterocycles. The van der Waals surface area contributed by atoms with E-state index in [0.717, 1.165) is 0 Å². The quantitative estimate of drug-likeness (QED) is 0.382. The van der Waals surface area contributed by atoms with E-state index in [1.165, 1.54) is 0 Å². The summed E-state index contributed by atoms with van der Waals surface area (Å²) in [6.07, 6.45) is 0. The Morgan fingerprint density at radius 1 is 0.429 bits per heavy atom. The average molecular weight is 446 g/mol. The average Bonchev–Trinajstić information content (AvgIpc) is 1.83. The van der Waals surface area contributed by atoms with Gasteiger partial charge in [0.25, 0.3) is 0 Å². The van der Waals surface area contributed by atoms with Gasteiger partial charge in [0.2, 0.25) is 0 Å². The second kappa shape index (κ2) is 7.36. The van der Waals surface area contributed by atoms with Gasteiger partial charge in [-0.1, -0.05) is 0 Å². The minimum Gasteiger partial charge on any atom is -0.426 e. The fraction of sp³-hybridized carbons (Fsp3) is 1.00. The van der Waals surface area contributed by atoms with Gasteiger partial charge in [0, 0.05) is 0 Å². The first-order valence-electron chi connectivity index (χ1n) is 6.70. The highest BCUT2D eigenvalue weighted by Crippen LogP contribution is 2.31. The van der Waals surface area contributed by atoms with Crippen LogP contribution in [0.2, 0.25) is 58.9 Å². The number of hydrogen-bond donors (Lipinski definition) is 0. The molecule has 12 heteroatoms. The van der Waals surface area contributed by atoms with Crippen molar-refractivity contribution in [2.24, 2.45) is 0 Å². The smallest absolute Gasteiger partial charge is 0.423 e. The van der Waals surface area contributed by atoms with E-state index in [2.05, 4.69) is 0 Å². The van der Waals surface area contributed by atoms with Crippen LogP contribution in [0.4, 0.5) is 0 Å². The highest BCUT2D eigenvalue weighted by molar-refractivity contribution is 7.27. The van der Waals surface area contributed by atoms with Crippen LogP contribution in [0.3, 0.4) is 0 Å². The van der Waals surface area contributed by atoms with E-state index in [-0.39, 0.29) is 0 Å². The fourth-order valence-electron chi connectivity index (χ4n) is 1.81. The van der Waals surface area contributed by atoms with Gasteiger partial charge in [-0.15, -0.1) is 33.2 Å². The SMILES string of the molecule is C[Si](C)(C)O[Si](C)(Cl)O[Si](C)(Cl)O[Si](C)(Cl)O[Si](C)(C)C. The normalized spacial score (nSPS) is 22.3. The molecule has 0 amide bonds. The molecule has 21 heavy (non-hydrogen) atoms. The van der Waals surface area contributed by atoms with Crippen LogP contribution in [0.1, 0.15) is 0 Å². The summed E-state index contributed by atoms with van der Waals surface area (Å²) in [5.74, 6) is 0. The minimum atomic E-state index is -3.05. The van der Waals surface area contributed by atoms with E-state index < -0.39 is 40.2 Å². The van der Waals surface area contributed by atoms with Crippen LogP contribution in [0.5, 0.6) is 0 Å². The topological polar surface area (TPSA) is 36.9 Å². The highest BCUT2D eigenvalue weighted by Gasteiger charge is 2.49. The summed E-state index contributed by atoms with van der Waals surface area (Å²) in [6, 6.07) is 0. The molecule has 0 bridgehead atoms. The molecule has 0 aliphatic carbocycles. The molecule has 0 aromatic rings. The van der Waals surface area contributed by atoms with Crippen molar-refractivity contribution in [1.82, 2.24) is 0 Å². The van der Waals surface area contributed by atoms with Crippen molar-refractivity contribution in [3.63, 3.8) is 0 Å². The third kappa shape index (κ3) is 12.8. The van der Waals surface area contributed by atoms with Crippen LogP contribution >= 0.6 is 33.2 Å². The Bertz CT molecular complexity index is 322. The van der Waals surface area contributed by atoms with Gasteiger partial charge < -0.3 is 16.5 Å². The first kappa shape index (κ1) is 22.8. The largest absolute Gasteiger partial charge is 0.426 e. The maximum Gasteiger partial charge on any atom is 0.423 e. The van der Waals surface area contributed by atoms with E-state index in [9.17, 15) is 0 Å². The van der Waals surface area contributed by atoms with E-state index in [0.29, 0.717) is 0 Å². The summed E-state index contributed by atoms with van der Waals surface area (Å²) in [5, 5.41) is 0. The molecule has 0 aliphatic rings. The van der Waals surface area contributed by atoms with Gasteiger partial charge in [0.05, 0.1) is 0 Å². The zero-order chi connectivity index (χ0) is 17.3. The van der Waals surface area contributed by atoms with Crippen molar-refractivity contribution in [1.29, 1.82) is 0 Å². The monoisotopic (exact) mass is 444 g/mol. The lowest BCUT2D eigenvalue weighted by Gasteiger charge is -2.37. The molecule has 0 radical (unpaired) electrons. The zero-order valence-corrected chi connectivity index (χ0v) is 21.5. The van der Waals surface area contributed by atoms with E-state index in [4.69, 9.17) is 49.7 Å². The van der Waals surface area contributed by atoms with Crippen molar-refractivity contribution in [3.05, 3.63) is 0 Å². The van der Waals surface area contributed by atoms with Crippen molar-refractivity contribution in [3.8, 4) is 0 Å². The van der Waals surface area contributed by atoms with Gasteiger partial charge in [0.15, 0.2) is 16.6 Å². The highest BCUT2D eigenvalue weighted by atomic mass is 35.6. The summed E-state index contributed by atoms with van der Waals surface area (Å²) in [5.41, 5.74) is 0. The Hall–Kier alpha value is 1.79. The molecule has 4 nitrogen and oxygen atoms in total. The first-order valence-corrected chi connectivity index (χ1v) is 23.5. The van der Waals surface area contributed by atoms with Crippen LogP contribution in [-0.2, 0) is 16.5 Å². The predicted molar refractivity (Wildman–Crippen MR) is 103 cm³/mol. The Kier molecular flexibility index (Phi) is 7.98. The lowest BCUT2D eigenvalue weighted by atomic mass is 11.8. The number of hydrogen-bond acceptors (Lipinski definition) is 4. The van der Waals surface area contributed by atoms with Gasteiger partial charge in [0.1, 0.15) is 0 Å². The molecule has 0 aromatic heterocycles. The van der Waals surface area contributed by atoms with Gasteiger partial charge in [-0.05, 0) is 58.9 Å². The van der Waals surface area contributed by atoms with Crippen LogP contribution in [-0.4, -0.2) is 40.2 Å². The fourth-order valence-corrected chi connectivity index (χ4v) is 27.6. The lowest BCUT2D eigenvalue weighted by Crippen LogP contribution is -2.55. The van der Waals surface area contributed by atoms with Crippen LogP contribution in [0.15, 0.2) is 0 Å². The summed E-state index contributed by atoms with van der Waals surface area (Å²) in [7, 11) is -12.4. The maximum absolute atomic E-state index is 6.43. The Labute approximate surface area is 148 Å². The molecular weight excluding hydrogens is 419 g/mol. The third-order valence-electron chi connectivity index (χ3n) is 1.71. The summed E-state index contributed by atoms with van der Waals surface area (Å²) in [4.78, 5) is 0. The summed E-state index contributed by atoms with van der Waals surface area (Å²) in [6.45, 7) is 17.5. The Morgan fingerprint density at radius 2 is 0.619 bits per heavy atom. The summed E-state index contributed by atoms with van der Waals surface area (Å²) < 4.78 is 23.5. The van der Waals surface area contributed by atoms with Gasteiger partial charge in [-0.2, -0.15) is 0 Å². The molecule has 2 unspecified atom stereocenters. The van der Waals surface area contributed by atoms with E-state index in [1.54, 1.807) is 19.6 Å². The minimum absolute atomic E-state index is 1.71. The molecule has 0 rings (SSSR count). The van der Waals surface area contributed by atoms with E-state index in [1.807, 2.05) is 39.3 Å². The van der Waals surface area contributed by atoms with Gasteiger partial charge in [-0.25, -0.2) is 0 Å². The van der Waals surface area contributed by atoms with Crippen molar-refractivity contribution < 1.29 is 16.5 Å². The lowest BCUT2D eigenvalue weighted by molar-refractivity contribution is 0.329. The predicted octanol–water partition coefficient (Wildman–Crippen LogP) is 5.15. The second-order valence-electron chi connectivity index (χ2n) is 7.14. The zero-order valence-electron chi connectivity index (χ0n) is 14.3. The van der Waals surface area contributed by atoms with Crippen molar-refractivity contribution in [2.75, 3.05) is 0 Å². The molecular formula is C9H27Cl3O4Si5. The second-order valence-corrected chi connectivity index (χ2v) is 30.0. The third-order valence-corrected chi connectivity index (χ3v) is 19.5. The van der Waals surface area contributed by atoms with Crippen molar-refractivity contribution >= 4 is 73.5 Å². The maximum atomic E-state index is 6.43. The molecule has 0 spiro atoms. The van der Waals surface area contributed by atoms with E-state index >= 15 is 0 Å². The molecule has 128 valence electrons. The first-order chi connectivity index (χ1) is 8.83. The number of halogens is 3. The Balaban J connectivity index is 4.83. The molecule has 0 aliphatic heterocycles. The molecule has 0 aromatic carbocycles. The molecule has 2 atom stereocenters.